The van der Waals surface area contributed by atoms with E-state index >= 15 is 0 Å². The average molecular weight is 362 g/mol. The Morgan fingerprint density at radius 1 is 1.15 bits per heavy atom. The van der Waals surface area contributed by atoms with Gasteiger partial charge in [-0.3, -0.25) is 9.59 Å². The van der Waals surface area contributed by atoms with E-state index in [1.807, 2.05) is 6.07 Å². The van der Waals surface area contributed by atoms with Crippen LogP contribution in [-0.4, -0.2) is 36.2 Å². The smallest absolute Gasteiger partial charge is 0.407 e. The zero-order valence-corrected chi connectivity index (χ0v) is 15.4. The normalized spacial score (nSPS) is 14.9. The molecule has 1 saturated carbocycles. The first-order chi connectivity index (χ1) is 12.2. The lowest BCUT2D eigenvalue weighted by atomic mass is 10.1. The second-order valence-electron chi connectivity index (χ2n) is 7.24. The van der Waals surface area contributed by atoms with Gasteiger partial charge in [-0.15, -0.1) is 0 Å². The second-order valence-corrected chi connectivity index (χ2v) is 7.24. The Labute approximate surface area is 153 Å². The first-order valence-corrected chi connectivity index (χ1v) is 8.76. The Bertz CT molecular complexity index is 635. The van der Waals surface area contributed by atoms with Crippen molar-refractivity contribution in [3.63, 3.8) is 0 Å². The minimum atomic E-state index is -0.995. The van der Waals surface area contributed by atoms with Gasteiger partial charge in [-0.2, -0.15) is 0 Å². The molecule has 2 N–H and O–H groups in total. The monoisotopic (exact) mass is 362 g/mol. The molecular weight excluding hydrogens is 336 g/mol. The van der Waals surface area contributed by atoms with Crippen molar-refractivity contribution in [3.8, 4) is 0 Å². The van der Waals surface area contributed by atoms with Crippen LogP contribution in [-0.2, 0) is 19.1 Å². The number of esters is 1. The molecule has 7 nitrogen and oxygen atoms in total. The van der Waals surface area contributed by atoms with Crippen LogP contribution in [0.5, 0.6) is 0 Å². The zero-order chi connectivity index (χ0) is 19.2. The van der Waals surface area contributed by atoms with Crippen molar-refractivity contribution < 1.29 is 23.9 Å². The predicted octanol–water partition coefficient (Wildman–Crippen LogP) is 2.46. The number of carbonyl (C=O) groups is 3. The highest BCUT2D eigenvalue weighted by Gasteiger charge is 2.30. The standard InChI is InChI=1S/C19H26N2O5/c1-19(2,3)26-18(24)20-12-11-15(22)25-16(13-7-5-4-6-8-13)17(23)21-14-9-10-14/h4-8,14,16H,9-12H2,1-3H3,(H,20,24)(H,21,23)/t16-/m1/s1. The Hall–Kier alpha value is -2.57. The van der Waals surface area contributed by atoms with Crippen LogP contribution in [0.4, 0.5) is 4.79 Å². The molecular formula is C19H26N2O5. The van der Waals surface area contributed by atoms with Crippen LogP contribution in [0.25, 0.3) is 0 Å². The zero-order valence-electron chi connectivity index (χ0n) is 15.4. The first-order valence-electron chi connectivity index (χ1n) is 8.76. The van der Waals surface area contributed by atoms with Crippen LogP contribution in [0.15, 0.2) is 30.3 Å². The van der Waals surface area contributed by atoms with E-state index in [1.165, 1.54) is 0 Å². The molecule has 0 saturated heterocycles. The SMILES string of the molecule is CC(C)(C)OC(=O)NCCC(=O)O[C@@H](C(=O)NC1CC1)c1ccccc1. The maximum Gasteiger partial charge on any atom is 0.407 e. The van der Waals surface area contributed by atoms with Crippen molar-refractivity contribution in [1.29, 1.82) is 0 Å². The summed E-state index contributed by atoms with van der Waals surface area (Å²) < 4.78 is 10.5. The molecule has 2 amide bonds. The fraction of sp³-hybridized carbons (Fsp3) is 0.526. The van der Waals surface area contributed by atoms with Crippen molar-refractivity contribution in [1.82, 2.24) is 10.6 Å². The third kappa shape index (κ3) is 7.13. The summed E-state index contributed by atoms with van der Waals surface area (Å²) in [4.78, 5) is 36.1. The van der Waals surface area contributed by atoms with E-state index in [2.05, 4.69) is 10.6 Å². The van der Waals surface area contributed by atoms with Gasteiger partial charge in [0.2, 0.25) is 6.10 Å². The van der Waals surface area contributed by atoms with Crippen molar-refractivity contribution in [2.24, 2.45) is 0 Å². The molecule has 0 aromatic heterocycles. The van der Waals surface area contributed by atoms with Gasteiger partial charge in [0.05, 0.1) is 6.42 Å². The summed E-state index contributed by atoms with van der Waals surface area (Å²) in [5, 5.41) is 5.34. The van der Waals surface area contributed by atoms with Gasteiger partial charge in [0.1, 0.15) is 5.60 Å². The largest absolute Gasteiger partial charge is 0.447 e. The number of carbonyl (C=O) groups excluding carboxylic acids is 3. The first kappa shape index (κ1) is 19.8. The molecule has 1 aromatic carbocycles. The number of hydrogen-bond donors (Lipinski definition) is 2. The molecule has 1 aromatic rings. The molecule has 0 radical (unpaired) electrons. The second kappa shape index (κ2) is 8.69. The number of amides is 2. The van der Waals surface area contributed by atoms with Gasteiger partial charge in [-0.05, 0) is 33.6 Å². The van der Waals surface area contributed by atoms with Gasteiger partial charge in [-0.25, -0.2) is 4.79 Å². The minimum absolute atomic E-state index is 0.0563. The minimum Gasteiger partial charge on any atom is -0.447 e. The Kier molecular flexibility index (Phi) is 6.60. The van der Waals surface area contributed by atoms with Crippen molar-refractivity contribution in [3.05, 3.63) is 35.9 Å². The number of hydrogen-bond acceptors (Lipinski definition) is 5. The fourth-order valence-corrected chi connectivity index (χ4v) is 2.18. The predicted molar refractivity (Wildman–Crippen MR) is 95.3 cm³/mol. The van der Waals surface area contributed by atoms with Gasteiger partial charge in [-0.1, -0.05) is 30.3 Å². The summed E-state index contributed by atoms with van der Waals surface area (Å²) >= 11 is 0. The molecule has 0 aliphatic heterocycles. The summed E-state index contributed by atoms with van der Waals surface area (Å²) in [6, 6.07) is 9.04. The topological polar surface area (TPSA) is 93.7 Å². The molecule has 1 aliphatic carbocycles. The molecule has 1 atom stereocenters. The Morgan fingerprint density at radius 2 is 1.81 bits per heavy atom. The van der Waals surface area contributed by atoms with Gasteiger partial charge >= 0.3 is 12.1 Å². The van der Waals surface area contributed by atoms with Crippen LogP contribution in [0.2, 0.25) is 0 Å². The third-order valence-corrected chi connectivity index (χ3v) is 3.51. The summed E-state index contributed by atoms with van der Waals surface area (Å²) in [5.74, 6) is -0.895. The van der Waals surface area contributed by atoms with E-state index in [-0.39, 0.29) is 24.9 Å². The molecule has 26 heavy (non-hydrogen) atoms. The summed E-state index contributed by atoms with van der Waals surface area (Å²) in [5.41, 5.74) is 0.00303. The van der Waals surface area contributed by atoms with Gasteiger partial charge in [0, 0.05) is 18.2 Å². The number of nitrogens with one attached hydrogen (secondary N) is 2. The molecule has 1 aliphatic rings. The van der Waals surface area contributed by atoms with E-state index in [0.29, 0.717) is 5.56 Å². The summed E-state index contributed by atoms with van der Waals surface area (Å²) in [6.07, 6.45) is 0.239. The average Bonchev–Trinajstić information content (AvgIpc) is 3.35. The van der Waals surface area contributed by atoms with E-state index < -0.39 is 23.8 Å². The maximum absolute atomic E-state index is 12.4. The Balaban J connectivity index is 1.85. The fourth-order valence-electron chi connectivity index (χ4n) is 2.18. The molecule has 0 unspecified atom stereocenters. The van der Waals surface area contributed by atoms with Crippen molar-refractivity contribution in [2.45, 2.75) is 57.8 Å². The van der Waals surface area contributed by atoms with Crippen LogP contribution in [0.3, 0.4) is 0 Å². The summed E-state index contributed by atoms with van der Waals surface area (Å²) in [6.45, 7) is 5.33. The van der Waals surface area contributed by atoms with E-state index in [0.717, 1.165) is 12.8 Å². The molecule has 142 valence electrons. The number of rotatable bonds is 7. The molecule has 2 rings (SSSR count). The highest BCUT2D eigenvalue weighted by atomic mass is 16.6. The summed E-state index contributed by atoms with van der Waals surface area (Å²) in [7, 11) is 0. The lowest BCUT2D eigenvalue weighted by molar-refractivity contribution is -0.156. The van der Waals surface area contributed by atoms with Crippen LogP contribution < -0.4 is 10.6 Å². The lowest BCUT2D eigenvalue weighted by Crippen LogP contribution is -2.35. The maximum atomic E-state index is 12.4. The molecule has 7 heteroatoms. The number of benzene rings is 1. The number of ether oxygens (including phenoxy) is 2. The highest BCUT2D eigenvalue weighted by Crippen LogP contribution is 2.23. The third-order valence-electron chi connectivity index (χ3n) is 3.51. The van der Waals surface area contributed by atoms with Gasteiger partial charge < -0.3 is 20.1 Å². The van der Waals surface area contributed by atoms with Crippen molar-refractivity contribution in [2.75, 3.05) is 6.54 Å². The lowest BCUT2D eigenvalue weighted by Gasteiger charge is -2.20. The van der Waals surface area contributed by atoms with Gasteiger partial charge in [0.25, 0.3) is 5.91 Å². The van der Waals surface area contributed by atoms with Crippen LogP contribution >= 0.6 is 0 Å². The molecule has 1 fully saturated rings. The molecule has 0 bridgehead atoms. The molecule has 0 heterocycles. The molecule has 0 spiro atoms. The van der Waals surface area contributed by atoms with E-state index in [9.17, 15) is 14.4 Å². The van der Waals surface area contributed by atoms with Crippen LogP contribution in [0.1, 0.15) is 51.7 Å². The quantitative estimate of drug-likeness (QED) is 0.727. The van der Waals surface area contributed by atoms with Gasteiger partial charge in [0.15, 0.2) is 0 Å². The van der Waals surface area contributed by atoms with Crippen LogP contribution in [0, 0.1) is 0 Å². The Morgan fingerprint density at radius 3 is 2.38 bits per heavy atom. The van der Waals surface area contributed by atoms with E-state index in [4.69, 9.17) is 9.47 Å². The van der Waals surface area contributed by atoms with Crippen molar-refractivity contribution >= 4 is 18.0 Å². The highest BCUT2D eigenvalue weighted by molar-refractivity contribution is 5.85. The van der Waals surface area contributed by atoms with E-state index in [1.54, 1.807) is 45.0 Å². The number of alkyl carbamates (subject to hydrolysis) is 1.